The Bertz CT molecular complexity index is 1330. The van der Waals surface area contributed by atoms with Gasteiger partial charge in [0.25, 0.3) is 5.56 Å². The first kappa shape index (κ1) is 14.2. The van der Waals surface area contributed by atoms with Crippen LogP contribution >= 0.6 is 11.6 Å². The third-order valence-corrected chi connectivity index (χ3v) is 4.73. The van der Waals surface area contributed by atoms with E-state index in [0.29, 0.717) is 10.4 Å². The number of aryl methyl sites for hydroxylation is 1. The number of fused-ring (bicyclic) bond motifs is 5. The highest BCUT2D eigenvalue weighted by atomic mass is 35.5. The molecule has 0 bridgehead atoms. The number of aromatic nitrogens is 5. The molecule has 6 nitrogen and oxygen atoms in total. The molecule has 0 unspecified atom stereocenters. The van der Waals surface area contributed by atoms with Gasteiger partial charge in [-0.1, -0.05) is 11.6 Å². The van der Waals surface area contributed by atoms with Crippen LogP contribution in [0.2, 0.25) is 5.02 Å². The molecule has 3 aromatic heterocycles. The third kappa shape index (κ3) is 1.94. The monoisotopic (exact) mass is 349 g/mol. The van der Waals surface area contributed by atoms with Crippen molar-refractivity contribution in [3.63, 3.8) is 0 Å². The second kappa shape index (κ2) is 4.94. The number of aromatic amines is 1. The minimum absolute atomic E-state index is 0.147. The van der Waals surface area contributed by atoms with E-state index in [-0.39, 0.29) is 5.56 Å². The summed E-state index contributed by atoms with van der Waals surface area (Å²) in [6, 6.07) is 11.0. The van der Waals surface area contributed by atoms with Crippen molar-refractivity contribution in [2.75, 3.05) is 0 Å². The highest BCUT2D eigenvalue weighted by molar-refractivity contribution is 6.30. The lowest BCUT2D eigenvalue weighted by molar-refractivity contribution is 0.799. The summed E-state index contributed by atoms with van der Waals surface area (Å²) in [6.45, 7) is 0. The SMILES string of the molecule is Cn1ncc2ccc3ncc4c(=O)n(-c5ccc(Cl)cc5)[nH]c4c3c21. The first-order valence-corrected chi connectivity index (χ1v) is 8.11. The molecule has 0 radical (unpaired) electrons. The third-order valence-electron chi connectivity index (χ3n) is 4.47. The molecule has 0 spiro atoms. The van der Waals surface area contributed by atoms with Crippen molar-refractivity contribution in [3.05, 3.63) is 64.2 Å². The zero-order valence-electron chi connectivity index (χ0n) is 13.2. The average Bonchev–Trinajstić information content (AvgIpc) is 3.16. The van der Waals surface area contributed by atoms with Crippen molar-refractivity contribution < 1.29 is 0 Å². The van der Waals surface area contributed by atoms with Gasteiger partial charge in [-0.15, -0.1) is 0 Å². The van der Waals surface area contributed by atoms with Crippen molar-refractivity contribution in [2.45, 2.75) is 0 Å². The van der Waals surface area contributed by atoms with E-state index >= 15 is 0 Å². The van der Waals surface area contributed by atoms with Gasteiger partial charge in [-0.05, 0) is 36.4 Å². The van der Waals surface area contributed by atoms with E-state index < -0.39 is 0 Å². The minimum atomic E-state index is -0.147. The van der Waals surface area contributed by atoms with Crippen LogP contribution in [0.4, 0.5) is 0 Å². The van der Waals surface area contributed by atoms with Gasteiger partial charge in [0.2, 0.25) is 0 Å². The Morgan fingerprint density at radius 3 is 2.68 bits per heavy atom. The lowest BCUT2D eigenvalue weighted by Gasteiger charge is -2.03. The molecule has 0 aliphatic heterocycles. The van der Waals surface area contributed by atoms with Gasteiger partial charge in [-0.25, -0.2) is 4.68 Å². The van der Waals surface area contributed by atoms with Crippen LogP contribution in [0.25, 0.3) is 38.4 Å². The lowest BCUT2D eigenvalue weighted by atomic mass is 10.1. The van der Waals surface area contributed by atoms with Crippen LogP contribution in [0.15, 0.2) is 53.6 Å². The van der Waals surface area contributed by atoms with Crippen LogP contribution in [0.1, 0.15) is 0 Å². The number of nitrogens with zero attached hydrogens (tertiary/aromatic N) is 4. The molecule has 0 aliphatic carbocycles. The van der Waals surface area contributed by atoms with Crippen LogP contribution in [-0.4, -0.2) is 24.5 Å². The van der Waals surface area contributed by atoms with Gasteiger partial charge in [0.05, 0.1) is 39.2 Å². The fourth-order valence-electron chi connectivity index (χ4n) is 3.28. The van der Waals surface area contributed by atoms with Crippen molar-refractivity contribution in [2.24, 2.45) is 7.05 Å². The number of pyridine rings is 1. The van der Waals surface area contributed by atoms with Gasteiger partial charge >= 0.3 is 0 Å². The van der Waals surface area contributed by atoms with Gasteiger partial charge < -0.3 is 0 Å². The predicted molar refractivity (Wildman–Crippen MR) is 98.5 cm³/mol. The molecular formula is C18H12ClN5O. The Morgan fingerprint density at radius 2 is 1.88 bits per heavy atom. The Kier molecular flexibility index (Phi) is 2.81. The predicted octanol–water partition coefficient (Wildman–Crippen LogP) is 3.41. The number of halogens is 1. The topological polar surface area (TPSA) is 68.5 Å². The van der Waals surface area contributed by atoms with Crippen LogP contribution in [0.3, 0.4) is 0 Å². The van der Waals surface area contributed by atoms with E-state index in [4.69, 9.17) is 11.6 Å². The van der Waals surface area contributed by atoms with E-state index in [2.05, 4.69) is 15.2 Å². The molecule has 0 fully saturated rings. The number of benzene rings is 2. The Hall–Kier alpha value is -3.12. The van der Waals surface area contributed by atoms with Crippen molar-refractivity contribution in [3.8, 4) is 5.69 Å². The van der Waals surface area contributed by atoms with Crippen molar-refractivity contribution in [1.82, 2.24) is 24.5 Å². The van der Waals surface area contributed by atoms with E-state index in [1.807, 2.05) is 25.4 Å². The van der Waals surface area contributed by atoms with E-state index in [1.54, 1.807) is 35.1 Å². The maximum absolute atomic E-state index is 12.9. The molecule has 5 rings (SSSR count). The summed E-state index contributed by atoms with van der Waals surface area (Å²) >= 11 is 5.95. The Balaban J connectivity index is 1.95. The fourth-order valence-corrected chi connectivity index (χ4v) is 3.40. The second-order valence-electron chi connectivity index (χ2n) is 5.94. The highest BCUT2D eigenvalue weighted by Gasteiger charge is 2.15. The molecule has 3 heterocycles. The Labute approximate surface area is 146 Å². The number of nitrogens with one attached hydrogen (secondary N) is 1. The summed E-state index contributed by atoms with van der Waals surface area (Å²) in [5.41, 5.74) is 3.08. The van der Waals surface area contributed by atoms with Gasteiger partial charge in [-0.3, -0.25) is 19.6 Å². The van der Waals surface area contributed by atoms with Crippen LogP contribution in [-0.2, 0) is 7.05 Å². The first-order valence-electron chi connectivity index (χ1n) is 7.73. The summed E-state index contributed by atoms with van der Waals surface area (Å²) in [4.78, 5) is 17.3. The van der Waals surface area contributed by atoms with Gasteiger partial charge in [0.1, 0.15) is 0 Å². The van der Waals surface area contributed by atoms with Gasteiger partial charge in [0.15, 0.2) is 0 Å². The van der Waals surface area contributed by atoms with E-state index in [9.17, 15) is 4.79 Å². The number of H-pyrrole nitrogens is 1. The molecule has 122 valence electrons. The van der Waals surface area contributed by atoms with Gasteiger partial charge in [-0.2, -0.15) is 5.10 Å². The zero-order valence-corrected chi connectivity index (χ0v) is 13.9. The molecule has 0 amide bonds. The van der Waals surface area contributed by atoms with E-state index in [0.717, 1.165) is 33.0 Å². The molecule has 0 saturated heterocycles. The van der Waals surface area contributed by atoms with E-state index in [1.165, 1.54) is 4.68 Å². The van der Waals surface area contributed by atoms with Crippen molar-refractivity contribution in [1.29, 1.82) is 0 Å². The first-order chi connectivity index (χ1) is 12.1. The summed E-state index contributed by atoms with van der Waals surface area (Å²) in [7, 11) is 1.88. The largest absolute Gasteiger partial charge is 0.289 e. The average molecular weight is 350 g/mol. The standard InChI is InChI=1S/C18H12ClN5O/c1-23-17-10(8-21-23)2-7-14-15(17)16-13(9-20-14)18(25)24(22-16)12-5-3-11(19)4-6-12/h2-9,22H,1H3. The molecule has 25 heavy (non-hydrogen) atoms. The fraction of sp³-hybridized carbons (Fsp3) is 0.0556. The maximum atomic E-state index is 12.9. The lowest BCUT2D eigenvalue weighted by Crippen LogP contribution is -2.13. The van der Waals surface area contributed by atoms with Crippen LogP contribution < -0.4 is 5.56 Å². The molecule has 5 aromatic rings. The molecule has 1 N–H and O–H groups in total. The minimum Gasteiger partial charge on any atom is -0.289 e. The normalized spacial score (nSPS) is 11.8. The molecule has 0 aliphatic rings. The molecular weight excluding hydrogens is 338 g/mol. The zero-order chi connectivity index (χ0) is 17.1. The van der Waals surface area contributed by atoms with Gasteiger partial charge in [0, 0.05) is 23.7 Å². The molecule has 0 saturated carbocycles. The number of rotatable bonds is 1. The summed E-state index contributed by atoms with van der Waals surface area (Å²) in [5.74, 6) is 0. The quantitative estimate of drug-likeness (QED) is 0.504. The smallest absolute Gasteiger partial charge is 0.280 e. The molecule has 7 heteroatoms. The van der Waals surface area contributed by atoms with Crippen LogP contribution in [0.5, 0.6) is 0 Å². The number of hydrogen-bond donors (Lipinski definition) is 1. The second-order valence-corrected chi connectivity index (χ2v) is 6.38. The Morgan fingerprint density at radius 1 is 1.08 bits per heavy atom. The van der Waals surface area contributed by atoms with Crippen LogP contribution in [0, 0.1) is 0 Å². The van der Waals surface area contributed by atoms with Crippen molar-refractivity contribution >= 4 is 44.3 Å². The summed E-state index contributed by atoms with van der Waals surface area (Å²) in [5, 5.41) is 10.6. The number of hydrogen-bond acceptors (Lipinski definition) is 3. The molecule has 0 atom stereocenters. The maximum Gasteiger partial charge on any atom is 0.280 e. The molecule has 2 aromatic carbocycles. The summed E-state index contributed by atoms with van der Waals surface area (Å²) < 4.78 is 3.31. The summed E-state index contributed by atoms with van der Waals surface area (Å²) in [6.07, 6.45) is 3.42. The highest BCUT2D eigenvalue weighted by Crippen LogP contribution is 2.28.